The molecule has 0 spiro atoms. The van der Waals surface area contributed by atoms with Gasteiger partial charge in [-0.1, -0.05) is 12.1 Å². The Bertz CT molecular complexity index is 526. The van der Waals surface area contributed by atoms with E-state index in [1.54, 1.807) is 0 Å². The second kappa shape index (κ2) is 6.38. The van der Waals surface area contributed by atoms with Crippen LogP contribution in [0, 0.1) is 13.8 Å². The topological polar surface area (TPSA) is 50.9 Å². The van der Waals surface area contributed by atoms with Crippen molar-refractivity contribution in [2.24, 2.45) is 5.73 Å². The highest BCUT2D eigenvalue weighted by atomic mass is 35.5. The number of halogens is 1. The average Bonchev–Trinajstić information content (AvgIpc) is 2.35. The molecule has 0 bridgehead atoms. The first-order valence-corrected chi connectivity index (χ1v) is 5.69. The Labute approximate surface area is 114 Å². The zero-order valence-electron chi connectivity index (χ0n) is 10.6. The Hall–Kier alpha value is -1.58. The molecule has 96 valence electrons. The summed E-state index contributed by atoms with van der Waals surface area (Å²) in [6.07, 6.45) is 1.82. The largest absolute Gasteiger partial charge is 0.340 e. The summed E-state index contributed by atoms with van der Waals surface area (Å²) in [4.78, 5) is 4.35. The smallest absolute Gasteiger partial charge is 0.133 e. The fourth-order valence-corrected chi connectivity index (χ4v) is 1.67. The van der Waals surface area contributed by atoms with Crippen molar-refractivity contribution in [3.05, 3.63) is 53.2 Å². The summed E-state index contributed by atoms with van der Waals surface area (Å²) < 4.78 is 0. The van der Waals surface area contributed by atoms with E-state index >= 15 is 0 Å². The average molecular weight is 264 g/mol. The molecule has 2 rings (SSSR count). The molecule has 0 saturated heterocycles. The van der Waals surface area contributed by atoms with Gasteiger partial charge in [0.15, 0.2) is 0 Å². The van der Waals surface area contributed by atoms with E-state index < -0.39 is 0 Å². The number of rotatable bonds is 3. The molecule has 0 atom stereocenters. The van der Waals surface area contributed by atoms with Crippen LogP contribution in [-0.2, 0) is 6.54 Å². The molecule has 18 heavy (non-hydrogen) atoms. The molecule has 0 aliphatic heterocycles. The first-order chi connectivity index (χ1) is 8.20. The molecular weight excluding hydrogens is 246 g/mol. The molecule has 0 fully saturated rings. The van der Waals surface area contributed by atoms with Crippen LogP contribution in [0.25, 0.3) is 0 Å². The lowest BCUT2D eigenvalue weighted by atomic mass is 10.1. The van der Waals surface area contributed by atoms with Gasteiger partial charge in [-0.05, 0) is 48.7 Å². The van der Waals surface area contributed by atoms with Crippen LogP contribution in [0.3, 0.4) is 0 Å². The number of benzene rings is 1. The predicted molar refractivity (Wildman–Crippen MR) is 78.6 cm³/mol. The van der Waals surface area contributed by atoms with Gasteiger partial charge < -0.3 is 11.1 Å². The number of nitrogens with one attached hydrogen (secondary N) is 1. The summed E-state index contributed by atoms with van der Waals surface area (Å²) in [6.45, 7) is 4.70. The number of pyridine rings is 1. The van der Waals surface area contributed by atoms with Gasteiger partial charge in [-0.25, -0.2) is 4.98 Å². The lowest BCUT2D eigenvalue weighted by Gasteiger charge is -2.10. The summed E-state index contributed by atoms with van der Waals surface area (Å²) >= 11 is 0. The van der Waals surface area contributed by atoms with E-state index in [0.29, 0.717) is 6.54 Å². The molecule has 0 aliphatic rings. The first-order valence-electron chi connectivity index (χ1n) is 5.69. The van der Waals surface area contributed by atoms with Gasteiger partial charge in [0.05, 0.1) is 0 Å². The highest BCUT2D eigenvalue weighted by Crippen LogP contribution is 2.20. The fraction of sp³-hybridized carbons (Fsp3) is 0.214. The van der Waals surface area contributed by atoms with Crippen LogP contribution in [0.15, 0.2) is 36.5 Å². The van der Waals surface area contributed by atoms with Crippen LogP contribution in [0.4, 0.5) is 11.5 Å². The van der Waals surface area contributed by atoms with E-state index in [1.807, 2.05) is 36.5 Å². The quantitative estimate of drug-likeness (QED) is 0.893. The van der Waals surface area contributed by atoms with Crippen molar-refractivity contribution in [1.29, 1.82) is 0 Å². The highest BCUT2D eigenvalue weighted by Gasteiger charge is 2.02. The van der Waals surface area contributed by atoms with Crippen molar-refractivity contribution in [2.45, 2.75) is 20.4 Å². The van der Waals surface area contributed by atoms with E-state index in [9.17, 15) is 0 Å². The molecule has 0 saturated carbocycles. The number of hydrogen-bond donors (Lipinski definition) is 2. The Morgan fingerprint density at radius 1 is 1.22 bits per heavy atom. The van der Waals surface area contributed by atoms with E-state index in [-0.39, 0.29) is 12.4 Å². The van der Waals surface area contributed by atoms with Crippen molar-refractivity contribution >= 4 is 23.9 Å². The van der Waals surface area contributed by atoms with Crippen LogP contribution < -0.4 is 11.1 Å². The van der Waals surface area contributed by atoms with E-state index in [1.165, 1.54) is 11.1 Å². The van der Waals surface area contributed by atoms with Gasteiger partial charge in [0.1, 0.15) is 5.82 Å². The molecule has 0 radical (unpaired) electrons. The van der Waals surface area contributed by atoms with Gasteiger partial charge in [0, 0.05) is 18.4 Å². The van der Waals surface area contributed by atoms with Gasteiger partial charge in [-0.15, -0.1) is 12.4 Å². The molecule has 0 unspecified atom stereocenters. The number of nitrogens with two attached hydrogens (primary N) is 1. The summed E-state index contributed by atoms with van der Waals surface area (Å²) in [5, 5.41) is 3.32. The van der Waals surface area contributed by atoms with Crippen LogP contribution in [0.2, 0.25) is 0 Å². The van der Waals surface area contributed by atoms with Crippen LogP contribution in [0.5, 0.6) is 0 Å². The third kappa shape index (κ3) is 3.22. The monoisotopic (exact) mass is 263 g/mol. The summed E-state index contributed by atoms with van der Waals surface area (Å²) in [6, 6.07) is 10.1. The fourth-order valence-electron chi connectivity index (χ4n) is 1.67. The van der Waals surface area contributed by atoms with Crippen molar-refractivity contribution in [3.63, 3.8) is 0 Å². The minimum atomic E-state index is 0. The molecule has 3 nitrogen and oxygen atoms in total. The third-order valence-corrected chi connectivity index (χ3v) is 2.90. The summed E-state index contributed by atoms with van der Waals surface area (Å²) in [5.74, 6) is 0.902. The van der Waals surface area contributed by atoms with Gasteiger partial charge in [0.25, 0.3) is 0 Å². The second-order valence-corrected chi connectivity index (χ2v) is 4.13. The molecule has 1 aromatic heterocycles. The van der Waals surface area contributed by atoms with Gasteiger partial charge in [-0.2, -0.15) is 0 Å². The van der Waals surface area contributed by atoms with Gasteiger partial charge >= 0.3 is 0 Å². The Balaban J connectivity index is 0.00000162. The maximum atomic E-state index is 5.62. The molecule has 0 amide bonds. The zero-order valence-corrected chi connectivity index (χ0v) is 11.4. The molecule has 0 aliphatic carbocycles. The highest BCUT2D eigenvalue weighted by molar-refractivity contribution is 5.85. The molecule has 3 N–H and O–H groups in total. The number of aromatic nitrogens is 1. The van der Waals surface area contributed by atoms with Crippen LogP contribution in [-0.4, -0.2) is 4.98 Å². The van der Waals surface area contributed by atoms with Crippen LogP contribution in [0.1, 0.15) is 16.7 Å². The first kappa shape index (κ1) is 14.5. The van der Waals surface area contributed by atoms with Gasteiger partial charge in [-0.3, -0.25) is 0 Å². The molecular formula is C14H18ClN3. The summed E-state index contributed by atoms with van der Waals surface area (Å²) in [7, 11) is 0. The Morgan fingerprint density at radius 3 is 2.72 bits per heavy atom. The molecule has 4 heteroatoms. The number of anilines is 2. The van der Waals surface area contributed by atoms with E-state index in [4.69, 9.17) is 5.73 Å². The van der Waals surface area contributed by atoms with Crippen molar-refractivity contribution in [3.8, 4) is 0 Å². The predicted octanol–water partition coefficient (Wildman–Crippen LogP) is 3.32. The Kier molecular flexibility index (Phi) is 5.13. The second-order valence-electron chi connectivity index (χ2n) is 4.13. The molecule has 1 heterocycles. The lowest BCUT2D eigenvalue weighted by Crippen LogP contribution is -2.00. The van der Waals surface area contributed by atoms with Gasteiger partial charge in [0.2, 0.25) is 0 Å². The van der Waals surface area contributed by atoms with Crippen molar-refractivity contribution in [1.82, 2.24) is 4.98 Å². The van der Waals surface area contributed by atoms with E-state index in [2.05, 4.69) is 24.1 Å². The summed E-state index contributed by atoms with van der Waals surface area (Å²) in [5.41, 5.74) is 10.2. The molecule has 1 aromatic carbocycles. The number of hydrogen-bond acceptors (Lipinski definition) is 3. The normalized spacial score (nSPS) is 9.72. The minimum Gasteiger partial charge on any atom is -0.340 e. The lowest BCUT2D eigenvalue weighted by molar-refractivity contribution is 1.07. The van der Waals surface area contributed by atoms with E-state index in [0.717, 1.165) is 17.1 Å². The van der Waals surface area contributed by atoms with Crippen LogP contribution >= 0.6 is 12.4 Å². The third-order valence-electron chi connectivity index (χ3n) is 2.90. The maximum Gasteiger partial charge on any atom is 0.133 e. The van der Waals surface area contributed by atoms with Crippen molar-refractivity contribution in [2.75, 3.05) is 5.32 Å². The minimum absolute atomic E-state index is 0. The Morgan fingerprint density at radius 2 is 2.00 bits per heavy atom. The zero-order chi connectivity index (χ0) is 12.3. The number of aryl methyl sites for hydroxylation is 1. The SMILES string of the molecule is Cc1ccnc(Nc2cccc(CN)c2)c1C.Cl. The molecule has 2 aromatic rings. The standard InChI is InChI=1S/C14H17N3.ClH/c1-10-6-7-16-14(11(10)2)17-13-5-3-4-12(8-13)9-15;/h3-8H,9,15H2,1-2H3,(H,16,17);1H. The number of nitrogens with zero attached hydrogens (tertiary/aromatic N) is 1. The maximum absolute atomic E-state index is 5.62. The van der Waals surface area contributed by atoms with Crippen molar-refractivity contribution < 1.29 is 0 Å².